The molecule has 1 aromatic carbocycles. The minimum absolute atomic E-state index is 0.0766. The first-order valence-electron chi connectivity index (χ1n) is 8.24. The summed E-state index contributed by atoms with van der Waals surface area (Å²) in [6, 6.07) is 15.1. The lowest BCUT2D eigenvalue weighted by Gasteiger charge is -2.09. The van der Waals surface area contributed by atoms with Gasteiger partial charge in [-0.05, 0) is 35.7 Å². The number of hydrogen-bond donors (Lipinski definition) is 2. The van der Waals surface area contributed by atoms with Gasteiger partial charge in [0.1, 0.15) is 23.2 Å². The van der Waals surface area contributed by atoms with Gasteiger partial charge >= 0.3 is 0 Å². The van der Waals surface area contributed by atoms with E-state index < -0.39 is 12.0 Å². The lowest BCUT2D eigenvalue weighted by Crippen LogP contribution is -2.28. The van der Waals surface area contributed by atoms with Crippen LogP contribution in [0.4, 0.5) is 0 Å². The lowest BCUT2D eigenvalue weighted by molar-refractivity contribution is 0.0875. The highest BCUT2D eigenvalue weighted by Crippen LogP contribution is 2.28. The average molecular weight is 381 g/mol. The van der Waals surface area contributed by atoms with E-state index in [1.807, 2.05) is 17.5 Å². The van der Waals surface area contributed by atoms with Gasteiger partial charge < -0.3 is 19.3 Å². The van der Waals surface area contributed by atoms with Crippen LogP contribution in [-0.2, 0) is 0 Å². The number of thiophene rings is 1. The summed E-state index contributed by atoms with van der Waals surface area (Å²) in [5, 5.41) is 15.2. The molecule has 136 valence electrons. The van der Waals surface area contributed by atoms with E-state index in [1.54, 1.807) is 36.4 Å². The van der Waals surface area contributed by atoms with Gasteiger partial charge in [-0.3, -0.25) is 9.59 Å². The monoisotopic (exact) mass is 381 g/mol. The Kier molecular flexibility index (Phi) is 4.62. The standard InChI is InChI=1S/C20H15NO5S/c22-13-10-18(25-15-5-2-1-4-12(13)15)20(24)21-11-14(23)16-7-8-17(26-16)19-6-3-9-27-19/h1-10,14,23H,11H2,(H,21,24). The second-order valence-corrected chi connectivity index (χ2v) is 6.82. The molecule has 0 bridgehead atoms. The number of aliphatic hydroxyl groups excluding tert-OH is 1. The summed E-state index contributed by atoms with van der Waals surface area (Å²) >= 11 is 1.53. The Morgan fingerprint density at radius 3 is 2.78 bits per heavy atom. The minimum Gasteiger partial charge on any atom is -0.457 e. The molecule has 6 nitrogen and oxygen atoms in total. The summed E-state index contributed by atoms with van der Waals surface area (Å²) < 4.78 is 11.1. The third kappa shape index (κ3) is 3.55. The Hall–Kier alpha value is -3.16. The Balaban J connectivity index is 1.45. The van der Waals surface area contributed by atoms with Crippen LogP contribution in [0.5, 0.6) is 0 Å². The second-order valence-electron chi connectivity index (χ2n) is 5.88. The maximum Gasteiger partial charge on any atom is 0.287 e. The first-order chi connectivity index (χ1) is 13.1. The van der Waals surface area contributed by atoms with E-state index in [9.17, 15) is 14.7 Å². The summed E-state index contributed by atoms with van der Waals surface area (Å²) in [6.07, 6.45) is -1.02. The molecule has 0 spiro atoms. The molecule has 4 rings (SSSR count). The summed E-state index contributed by atoms with van der Waals surface area (Å²) in [5.41, 5.74) is 0.0384. The van der Waals surface area contributed by atoms with Gasteiger partial charge in [0.2, 0.25) is 0 Å². The zero-order valence-corrected chi connectivity index (χ0v) is 14.9. The van der Waals surface area contributed by atoms with Gasteiger partial charge in [-0.25, -0.2) is 0 Å². The van der Waals surface area contributed by atoms with Crippen LogP contribution < -0.4 is 10.7 Å². The molecule has 0 radical (unpaired) electrons. The van der Waals surface area contributed by atoms with Crippen LogP contribution in [0.15, 0.2) is 73.6 Å². The van der Waals surface area contributed by atoms with E-state index in [0.717, 1.165) is 10.9 Å². The zero-order valence-electron chi connectivity index (χ0n) is 14.0. The second kappa shape index (κ2) is 7.22. The smallest absolute Gasteiger partial charge is 0.287 e. The van der Waals surface area contributed by atoms with Crippen molar-refractivity contribution in [3.05, 3.63) is 81.7 Å². The number of furan rings is 1. The number of amides is 1. The van der Waals surface area contributed by atoms with Crippen molar-refractivity contribution < 1.29 is 18.7 Å². The summed E-state index contributed by atoms with van der Waals surface area (Å²) in [4.78, 5) is 25.3. The van der Waals surface area contributed by atoms with Crippen molar-refractivity contribution in [3.63, 3.8) is 0 Å². The van der Waals surface area contributed by atoms with Gasteiger partial charge in [0.25, 0.3) is 5.91 Å². The number of fused-ring (bicyclic) bond motifs is 1. The molecule has 1 amide bonds. The third-order valence-corrected chi connectivity index (χ3v) is 4.92. The molecule has 0 aliphatic carbocycles. The molecule has 3 aromatic heterocycles. The third-order valence-electron chi connectivity index (χ3n) is 4.03. The van der Waals surface area contributed by atoms with Crippen molar-refractivity contribution in [2.45, 2.75) is 6.10 Å². The van der Waals surface area contributed by atoms with Gasteiger partial charge in [-0.1, -0.05) is 18.2 Å². The van der Waals surface area contributed by atoms with Gasteiger partial charge in [-0.2, -0.15) is 0 Å². The molecule has 7 heteroatoms. The maximum atomic E-state index is 12.3. The zero-order chi connectivity index (χ0) is 18.8. The van der Waals surface area contributed by atoms with E-state index >= 15 is 0 Å². The normalized spacial score (nSPS) is 12.2. The molecule has 3 heterocycles. The molecular weight excluding hydrogens is 366 g/mol. The molecule has 0 saturated carbocycles. The van der Waals surface area contributed by atoms with Gasteiger partial charge in [0.15, 0.2) is 11.2 Å². The number of aliphatic hydroxyl groups is 1. The average Bonchev–Trinajstić information content (AvgIpc) is 3.37. The molecule has 0 aliphatic rings. The lowest BCUT2D eigenvalue weighted by atomic mass is 10.2. The van der Waals surface area contributed by atoms with Crippen molar-refractivity contribution in [3.8, 4) is 10.6 Å². The molecular formula is C20H15NO5S. The van der Waals surface area contributed by atoms with Crippen LogP contribution in [0.1, 0.15) is 22.4 Å². The van der Waals surface area contributed by atoms with E-state index in [0.29, 0.717) is 22.5 Å². The molecule has 0 fully saturated rings. The number of carbonyl (C=O) groups excluding carboxylic acids is 1. The summed E-state index contributed by atoms with van der Waals surface area (Å²) in [6.45, 7) is -0.0766. The fourth-order valence-corrected chi connectivity index (χ4v) is 3.36. The van der Waals surface area contributed by atoms with E-state index in [-0.39, 0.29) is 17.7 Å². The van der Waals surface area contributed by atoms with Crippen LogP contribution in [0.2, 0.25) is 0 Å². The van der Waals surface area contributed by atoms with Gasteiger partial charge in [0, 0.05) is 6.07 Å². The van der Waals surface area contributed by atoms with Gasteiger partial charge in [-0.15, -0.1) is 11.3 Å². The molecule has 27 heavy (non-hydrogen) atoms. The highest BCUT2D eigenvalue weighted by Gasteiger charge is 2.17. The molecule has 1 atom stereocenters. The maximum absolute atomic E-state index is 12.3. The van der Waals surface area contributed by atoms with E-state index in [4.69, 9.17) is 8.83 Å². The highest BCUT2D eigenvalue weighted by molar-refractivity contribution is 7.13. The minimum atomic E-state index is -1.02. The predicted octanol–water partition coefficient (Wildman–Crippen LogP) is 3.58. The predicted molar refractivity (Wildman–Crippen MR) is 102 cm³/mol. The van der Waals surface area contributed by atoms with Crippen molar-refractivity contribution >= 4 is 28.2 Å². The number of carbonyl (C=O) groups is 1. The quantitative estimate of drug-likeness (QED) is 0.551. The number of nitrogens with one attached hydrogen (secondary N) is 1. The van der Waals surface area contributed by atoms with E-state index in [2.05, 4.69) is 5.32 Å². The Labute approximate surface area is 157 Å². The molecule has 0 aliphatic heterocycles. The fraction of sp³-hybridized carbons (Fsp3) is 0.100. The van der Waals surface area contributed by atoms with Crippen LogP contribution >= 0.6 is 11.3 Å². The van der Waals surface area contributed by atoms with Crippen molar-refractivity contribution in [1.29, 1.82) is 0 Å². The molecule has 2 N–H and O–H groups in total. The fourth-order valence-electron chi connectivity index (χ4n) is 2.68. The summed E-state index contributed by atoms with van der Waals surface area (Å²) in [5.74, 6) is 0.316. The number of para-hydroxylation sites is 1. The Morgan fingerprint density at radius 1 is 1.11 bits per heavy atom. The highest BCUT2D eigenvalue weighted by atomic mass is 32.1. The van der Waals surface area contributed by atoms with Crippen LogP contribution in [-0.4, -0.2) is 17.6 Å². The van der Waals surface area contributed by atoms with Crippen LogP contribution in [0.25, 0.3) is 21.6 Å². The number of benzene rings is 1. The summed E-state index contributed by atoms with van der Waals surface area (Å²) in [7, 11) is 0. The number of hydrogen-bond acceptors (Lipinski definition) is 6. The Bertz CT molecular complexity index is 1140. The van der Waals surface area contributed by atoms with Crippen molar-refractivity contribution in [2.75, 3.05) is 6.54 Å². The van der Waals surface area contributed by atoms with Gasteiger partial charge in [0.05, 0.1) is 16.8 Å². The van der Waals surface area contributed by atoms with Crippen LogP contribution in [0, 0.1) is 0 Å². The molecule has 1 unspecified atom stereocenters. The van der Waals surface area contributed by atoms with Crippen LogP contribution in [0.3, 0.4) is 0 Å². The molecule has 4 aromatic rings. The first-order valence-corrected chi connectivity index (χ1v) is 9.12. The van der Waals surface area contributed by atoms with E-state index in [1.165, 1.54) is 11.3 Å². The first kappa shape index (κ1) is 17.3. The molecule has 0 saturated heterocycles. The SMILES string of the molecule is O=C(NCC(O)c1ccc(-c2cccs2)o1)c1cc(=O)c2ccccc2o1. The largest absolute Gasteiger partial charge is 0.457 e. The number of rotatable bonds is 5. The van der Waals surface area contributed by atoms with Crippen molar-refractivity contribution in [1.82, 2.24) is 5.32 Å². The topological polar surface area (TPSA) is 92.7 Å². The van der Waals surface area contributed by atoms with Crippen molar-refractivity contribution in [2.24, 2.45) is 0 Å². The Morgan fingerprint density at radius 2 is 1.96 bits per heavy atom.